The van der Waals surface area contributed by atoms with Gasteiger partial charge in [0.2, 0.25) is 0 Å². The average Bonchev–Trinajstić information content (AvgIpc) is 2.71. The summed E-state index contributed by atoms with van der Waals surface area (Å²) >= 11 is 0. The van der Waals surface area contributed by atoms with Gasteiger partial charge in [-0.2, -0.15) is 0 Å². The second-order valence-corrected chi connectivity index (χ2v) is 7.41. The van der Waals surface area contributed by atoms with Crippen LogP contribution in [0.2, 0.25) is 0 Å². The SMILES string of the molecule is O=C(NCC=CCN1CCCC(Cc2ccc(F)cc2)C1)Nc1ccc(F)cc1. The number of nitrogens with zero attached hydrogens (tertiary/aromatic N) is 1. The maximum Gasteiger partial charge on any atom is 0.319 e. The second kappa shape index (κ2) is 10.7. The number of benzene rings is 2. The van der Waals surface area contributed by atoms with E-state index >= 15 is 0 Å². The van der Waals surface area contributed by atoms with E-state index in [1.165, 1.54) is 48.4 Å². The Balaban J connectivity index is 1.34. The number of urea groups is 1. The van der Waals surface area contributed by atoms with Gasteiger partial charge in [-0.1, -0.05) is 24.3 Å². The number of anilines is 1. The highest BCUT2D eigenvalue weighted by Gasteiger charge is 2.19. The van der Waals surface area contributed by atoms with Crippen LogP contribution in [0.15, 0.2) is 60.7 Å². The number of likely N-dealkylation sites (tertiary alicyclic amines) is 1. The van der Waals surface area contributed by atoms with Crippen LogP contribution < -0.4 is 10.6 Å². The third-order valence-electron chi connectivity index (χ3n) is 5.05. The molecule has 2 aromatic carbocycles. The third kappa shape index (κ3) is 7.31. The molecule has 1 aliphatic rings. The van der Waals surface area contributed by atoms with Crippen LogP contribution in [0.1, 0.15) is 18.4 Å². The molecule has 0 saturated carbocycles. The number of carbonyl (C=O) groups excluding carboxylic acids is 1. The van der Waals surface area contributed by atoms with Crippen molar-refractivity contribution in [2.45, 2.75) is 19.3 Å². The van der Waals surface area contributed by atoms with E-state index in [1.54, 1.807) is 0 Å². The lowest BCUT2D eigenvalue weighted by Crippen LogP contribution is -2.36. The molecule has 0 bridgehead atoms. The molecular formula is C23H27F2N3O. The van der Waals surface area contributed by atoms with E-state index in [9.17, 15) is 13.6 Å². The van der Waals surface area contributed by atoms with Gasteiger partial charge in [0.25, 0.3) is 0 Å². The minimum Gasteiger partial charge on any atom is -0.334 e. The summed E-state index contributed by atoms with van der Waals surface area (Å²) in [6.07, 6.45) is 7.35. The van der Waals surface area contributed by atoms with Crippen LogP contribution in [0.3, 0.4) is 0 Å². The predicted molar refractivity (Wildman–Crippen MR) is 112 cm³/mol. The lowest BCUT2D eigenvalue weighted by molar-refractivity contribution is 0.190. The first-order chi connectivity index (χ1) is 14.1. The molecule has 29 heavy (non-hydrogen) atoms. The minimum absolute atomic E-state index is 0.191. The van der Waals surface area contributed by atoms with E-state index in [4.69, 9.17) is 0 Å². The molecule has 3 rings (SSSR count). The summed E-state index contributed by atoms with van der Waals surface area (Å²) in [5.41, 5.74) is 1.73. The van der Waals surface area contributed by atoms with E-state index in [2.05, 4.69) is 21.6 Å². The Morgan fingerprint density at radius 1 is 1.03 bits per heavy atom. The number of piperidine rings is 1. The summed E-state index contributed by atoms with van der Waals surface area (Å²) in [5.74, 6) is 0.0582. The molecule has 1 saturated heterocycles. The predicted octanol–water partition coefficient (Wildman–Crippen LogP) is 4.60. The molecule has 6 heteroatoms. The van der Waals surface area contributed by atoms with Crippen molar-refractivity contribution in [3.8, 4) is 0 Å². The Kier molecular flexibility index (Phi) is 7.76. The van der Waals surface area contributed by atoms with Gasteiger partial charge in [-0.15, -0.1) is 0 Å². The lowest BCUT2D eigenvalue weighted by Gasteiger charge is -2.32. The van der Waals surface area contributed by atoms with E-state index < -0.39 is 0 Å². The molecule has 2 aromatic rings. The molecule has 0 aromatic heterocycles. The van der Waals surface area contributed by atoms with Gasteiger partial charge in [0.1, 0.15) is 11.6 Å². The number of halogens is 2. The molecule has 1 fully saturated rings. The lowest BCUT2D eigenvalue weighted by atomic mass is 9.91. The smallest absolute Gasteiger partial charge is 0.319 e. The molecule has 4 nitrogen and oxygen atoms in total. The molecule has 0 radical (unpaired) electrons. The van der Waals surface area contributed by atoms with Crippen LogP contribution in [0.5, 0.6) is 0 Å². The van der Waals surface area contributed by atoms with Crippen molar-refractivity contribution >= 4 is 11.7 Å². The fourth-order valence-electron chi connectivity index (χ4n) is 3.60. The topological polar surface area (TPSA) is 44.4 Å². The summed E-state index contributed by atoms with van der Waals surface area (Å²) < 4.78 is 25.9. The monoisotopic (exact) mass is 399 g/mol. The van der Waals surface area contributed by atoms with E-state index in [-0.39, 0.29) is 17.7 Å². The van der Waals surface area contributed by atoms with Crippen molar-refractivity contribution in [1.29, 1.82) is 0 Å². The van der Waals surface area contributed by atoms with Crippen LogP contribution in [0.4, 0.5) is 19.3 Å². The van der Waals surface area contributed by atoms with E-state index in [0.29, 0.717) is 18.2 Å². The zero-order chi connectivity index (χ0) is 20.5. The summed E-state index contributed by atoms with van der Waals surface area (Å²) in [4.78, 5) is 14.2. The van der Waals surface area contributed by atoms with Crippen LogP contribution in [-0.4, -0.2) is 37.1 Å². The van der Waals surface area contributed by atoms with Crippen molar-refractivity contribution in [3.63, 3.8) is 0 Å². The largest absolute Gasteiger partial charge is 0.334 e. The maximum absolute atomic E-state index is 13.0. The van der Waals surface area contributed by atoms with Gasteiger partial charge in [-0.05, 0) is 73.7 Å². The molecule has 1 heterocycles. The Hall–Kier alpha value is -2.73. The third-order valence-corrected chi connectivity index (χ3v) is 5.05. The first kappa shape index (κ1) is 21.0. The first-order valence-corrected chi connectivity index (χ1v) is 10.0. The molecule has 0 aliphatic carbocycles. The highest BCUT2D eigenvalue weighted by atomic mass is 19.1. The molecule has 1 aliphatic heterocycles. The van der Waals surface area contributed by atoms with Crippen LogP contribution >= 0.6 is 0 Å². The fraction of sp³-hybridized carbons (Fsp3) is 0.348. The Morgan fingerprint density at radius 2 is 1.72 bits per heavy atom. The van der Waals surface area contributed by atoms with Crippen molar-refractivity contribution in [2.75, 3.05) is 31.5 Å². The zero-order valence-electron chi connectivity index (χ0n) is 16.4. The van der Waals surface area contributed by atoms with E-state index in [1.807, 2.05) is 18.2 Å². The summed E-state index contributed by atoms with van der Waals surface area (Å²) in [6, 6.07) is 12.1. The van der Waals surface area contributed by atoms with Gasteiger partial charge < -0.3 is 10.6 Å². The van der Waals surface area contributed by atoms with Gasteiger partial charge in [0.05, 0.1) is 0 Å². The molecule has 1 atom stereocenters. The first-order valence-electron chi connectivity index (χ1n) is 10.0. The number of rotatable bonds is 7. The average molecular weight is 399 g/mol. The molecule has 1 unspecified atom stereocenters. The zero-order valence-corrected chi connectivity index (χ0v) is 16.4. The molecular weight excluding hydrogens is 372 g/mol. The van der Waals surface area contributed by atoms with Crippen LogP contribution in [-0.2, 0) is 6.42 Å². The van der Waals surface area contributed by atoms with Gasteiger partial charge in [-0.25, -0.2) is 13.6 Å². The standard InChI is InChI=1S/C23H27F2N3O/c24-20-7-5-18(6-8-20)16-19-4-3-15-28(17-19)14-2-1-13-26-23(29)27-22-11-9-21(25)10-12-22/h1-2,5-12,19H,3-4,13-17H2,(H2,26,27,29). The van der Waals surface area contributed by atoms with Crippen molar-refractivity contribution < 1.29 is 13.6 Å². The summed E-state index contributed by atoms with van der Waals surface area (Å²) in [6.45, 7) is 3.38. The van der Waals surface area contributed by atoms with Crippen LogP contribution in [0, 0.1) is 17.6 Å². The number of nitrogens with one attached hydrogen (secondary N) is 2. The Morgan fingerprint density at radius 3 is 2.45 bits per heavy atom. The van der Waals surface area contributed by atoms with Gasteiger partial charge in [0, 0.05) is 25.3 Å². The molecule has 2 N–H and O–H groups in total. The Labute approximate surface area is 170 Å². The number of hydrogen-bond acceptors (Lipinski definition) is 2. The highest BCUT2D eigenvalue weighted by molar-refractivity contribution is 5.89. The maximum atomic E-state index is 13.0. The molecule has 0 spiro atoms. The fourth-order valence-corrected chi connectivity index (χ4v) is 3.60. The summed E-state index contributed by atoms with van der Waals surface area (Å²) in [5, 5.41) is 5.41. The number of carbonyl (C=O) groups is 1. The Bertz CT molecular complexity index is 806. The van der Waals surface area contributed by atoms with Gasteiger partial charge >= 0.3 is 6.03 Å². The van der Waals surface area contributed by atoms with Gasteiger partial charge in [-0.3, -0.25) is 4.90 Å². The minimum atomic E-state index is -0.337. The van der Waals surface area contributed by atoms with Gasteiger partial charge in [0.15, 0.2) is 0 Å². The molecule has 154 valence electrons. The normalized spacial score (nSPS) is 17.4. The number of hydrogen-bond donors (Lipinski definition) is 2. The van der Waals surface area contributed by atoms with E-state index in [0.717, 1.165) is 32.5 Å². The van der Waals surface area contributed by atoms with Crippen molar-refractivity contribution in [3.05, 3.63) is 77.9 Å². The highest BCUT2D eigenvalue weighted by Crippen LogP contribution is 2.21. The summed E-state index contributed by atoms with van der Waals surface area (Å²) in [7, 11) is 0. The van der Waals surface area contributed by atoms with Crippen molar-refractivity contribution in [2.24, 2.45) is 5.92 Å². The molecule has 2 amide bonds. The van der Waals surface area contributed by atoms with Crippen molar-refractivity contribution in [1.82, 2.24) is 10.2 Å². The quantitative estimate of drug-likeness (QED) is 0.669. The second-order valence-electron chi connectivity index (χ2n) is 7.41. The van der Waals surface area contributed by atoms with Crippen LogP contribution in [0.25, 0.3) is 0 Å². The number of amides is 2.